The number of thioether (sulfide) groups is 1. The molecule has 0 unspecified atom stereocenters. The van der Waals surface area contributed by atoms with Crippen molar-refractivity contribution >= 4 is 11.8 Å². The third-order valence-corrected chi connectivity index (χ3v) is 2.62. The molecule has 0 amide bonds. The zero-order chi connectivity index (χ0) is 9.14. The van der Waals surface area contributed by atoms with Gasteiger partial charge in [0.1, 0.15) is 11.2 Å². The maximum Gasteiger partial charge on any atom is 0.138 e. The van der Waals surface area contributed by atoms with Gasteiger partial charge in [-0.1, -0.05) is 0 Å². The number of hydrogen-bond acceptors (Lipinski definition) is 3. The molecule has 0 heterocycles. The third-order valence-electron chi connectivity index (χ3n) is 1.86. The molecule has 1 aromatic carbocycles. The summed E-state index contributed by atoms with van der Waals surface area (Å²) in [6.07, 6.45) is 0. The minimum absolute atomic E-state index is 0.287. The molecule has 62 valence electrons. The van der Waals surface area contributed by atoms with Crippen LogP contribution in [0.5, 0.6) is 5.75 Å². The Morgan fingerprint density at radius 3 is 2.58 bits per heavy atom. The van der Waals surface area contributed by atoms with E-state index in [0.717, 1.165) is 27.8 Å². The molecule has 0 fully saturated rings. The first-order valence-electron chi connectivity index (χ1n) is 3.52. The molecule has 0 aliphatic heterocycles. The van der Waals surface area contributed by atoms with Crippen molar-refractivity contribution in [2.24, 2.45) is 0 Å². The molecule has 1 aromatic rings. The fourth-order valence-electron chi connectivity index (χ4n) is 0.941. The summed E-state index contributed by atoms with van der Waals surface area (Å²) in [6.45, 7) is 3.74. The van der Waals surface area contributed by atoms with Crippen LogP contribution in [0.15, 0.2) is 17.0 Å². The van der Waals surface area contributed by atoms with Gasteiger partial charge in [0.25, 0.3) is 0 Å². The molecular formula is C9H9NOS. The summed E-state index contributed by atoms with van der Waals surface area (Å²) in [5.41, 5.74) is 1.82. The minimum Gasteiger partial charge on any atom is -0.508 e. The molecule has 0 spiro atoms. The molecule has 3 heteroatoms. The van der Waals surface area contributed by atoms with Crippen LogP contribution in [0.3, 0.4) is 0 Å². The number of benzene rings is 1. The summed E-state index contributed by atoms with van der Waals surface area (Å²) in [5.74, 6) is 0.287. The second kappa shape index (κ2) is 3.51. The predicted octanol–water partition coefficient (Wildman–Crippen LogP) is 2.58. The summed E-state index contributed by atoms with van der Waals surface area (Å²) < 4.78 is 0. The fraction of sp³-hybridized carbons (Fsp3) is 0.222. The molecule has 0 aliphatic carbocycles. The van der Waals surface area contributed by atoms with E-state index >= 15 is 0 Å². The first kappa shape index (κ1) is 8.95. The lowest BCUT2D eigenvalue weighted by Gasteiger charge is -2.05. The highest BCUT2D eigenvalue weighted by Crippen LogP contribution is 2.28. The normalized spacial score (nSPS) is 9.42. The molecule has 0 radical (unpaired) electrons. The molecule has 1 N–H and O–H groups in total. The van der Waals surface area contributed by atoms with Gasteiger partial charge in [-0.2, -0.15) is 5.26 Å². The van der Waals surface area contributed by atoms with E-state index in [4.69, 9.17) is 5.26 Å². The van der Waals surface area contributed by atoms with Crippen LogP contribution in [0.1, 0.15) is 11.1 Å². The lowest BCUT2D eigenvalue weighted by atomic mass is 10.1. The second-order valence-corrected chi connectivity index (χ2v) is 3.35. The number of phenols is 1. The summed E-state index contributed by atoms with van der Waals surface area (Å²) in [5, 5.41) is 19.8. The molecule has 2 nitrogen and oxygen atoms in total. The van der Waals surface area contributed by atoms with Gasteiger partial charge in [-0.05, 0) is 48.9 Å². The van der Waals surface area contributed by atoms with E-state index in [1.54, 1.807) is 12.1 Å². The van der Waals surface area contributed by atoms with Crippen molar-refractivity contribution in [2.75, 3.05) is 0 Å². The van der Waals surface area contributed by atoms with E-state index in [1.807, 2.05) is 19.2 Å². The highest BCUT2D eigenvalue weighted by molar-refractivity contribution is 8.03. The van der Waals surface area contributed by atoms with Crippen molar-refractivity contribution in [3.63, 3.8) is 0 Å². The number of rotatable bonds is 1. The molecule has 0 aliphatic rings. The van der Waals surface area contributed by atoms with Crippen molar-refractivity contribution in [1.29, 1.82) is 5.26 Å². The van der Waals surface area contributed by atoms with Gasteiger partial charge in [0.2, 0.25) is 0 Å². The fourth-order valence-corrected chi connectivity index (χ4v) is 1.48. The lowest BCUT2D eigenvalue weighted by molar-refractivity contribution is 0.470. The standard InChI is InChI=1S/C9H9NOS/c1-6-7(2)9(12-5-10)4-3-8(6)11/h3-4,11H,1-2H3. The van der Waals surface area contributed by atoms with Crippen molar-refractivity contribution in [3.8, 4) is 11.2 Å². The summed E-state index contributed by atoms with van der Waals surface area (Å²) >= 11 is 1.12. The van der Waals surface area contributed by atoms with Gasteiger partial charge in [-0.25, -0.2) is 0 Å². The number of phenolic OH excluding ortho intramolecular Hbond substituents is 1. The van der Waals surface area contributed by atoms with E-state index in [1.165, 1.54) is 0 Å². The molecule has 0 saturated carbocycles. The van der Waals surface area contributed by atoms with Crippen molar-refractivity contribution in [2.45, 2.75) is 18.7 Å². The van der Waals surface area contributed by atoms with Crippen LogP contribution in [0.4, 0.5) is 0 Å². The SMILES string of the molecule is Cc1c(O)ccc(SC#N)c1C. The summed E-state index contributed by atoms with van der Waals surface area (Å²) in [7, 11) is 0. The average molecular weight is 179 g/mol. The van der Waals surface area contributed by atoms with Gasteiger partial charge < -0.3 is 5.11 Å². The van der Waals surface area contributed by atoms with Crippen molar-refractivity contribution in [1.82, 2.24) is 0 Å². The Kier molecular flexibility index (Phi) is 2.61. The molecule has 12 heavy (non-hydrogen) atoms. The average Bonchev–Trinajstić information content (AvgIpc) is 2.07. The van der Waals surface area contributed by atoms with Crippen LogP contribution in [0.2, 0.25) is 0 Å². The largest absolute Gasteiger partial charge is 0.508 e. The van der Waals surface area contributed by atoms with Crippen molar-refractivity contribution in [3.05, 3.63) is 23.3 Å². The molecular weight excluding hydrogens is 170 g/mol. The Morgan fingerprint density at radius 1 is 1.33 bits per heavy atom. The number of thiocyanates is 1. The predicted molar refractivity (Wildman–Crippen MR) is 49.1 cm³/mol. The highest BCUT2D eigenvalue weighted by atomic mass is 32.2. The smallest absolute Gasteiger partial charge is 0.138 e. The molecule has 0 saturated heterocycles. The van der Waals surface area contributed by atoms with Crippen LogP contribution in [0, 0.1) is 24.5 Å². The van der Waals surface area contributed by atoms with E-state index in [9.17, 15) is 5.11 Å². The quantitative estimate of drug-likeness (QED) is 0.532. The van der Waals surface area contributed by atoms with E-state index in [0.29, 0.717) is 0 Å². The maximum absolute atomic E-state index is 9.30. The van der Waals surface area contributed by atoms with Gasteiger partial charge >= 0.3 is 0 Å². The van der Waals surface area contributed by atoms with E-state index in [2.05, 4.69) is 0 Å². The Bertz CT molecular complexity index is 341. The number of hydrogen-bond donors (Lipinski definition) is 1. The first-order valence-corrected chi connectivity index (χ1v) is 4.33. The number of aromatic hydroxyl groups is 1. The number of nitrogens with zero attached hydrogens (tertiary/aromatic N) is 1. The van der Waals surface area contributed by atoms with Crippen LogP contribution >= 0.6 is 11.8 Å². The third kappa shape index (κ3) is 1.54. The maximum atomic E-state index is 9.30. The molecule has 0 aromatic heterocycles. The Hall–Kier alpha value is -1.14. The Balaban J connectivity index is 3.19. The van der Waals surface area contributed by atoms with Gasteiger partial charge in [-0.3, -0.25) is 0 Å². The van der Waals surface area contributed by atoms with E-state index in [-0.39, 0.29) is 5.75 Å². The minimum atomic E-state index is 0.287. The summed E-state index contributed by atoms with van der Waals surface area (Å²) in [4.78, 5) is 0.910. The topological polar surface area (TPSA) is 44.0 Å². The van der Waals surface area contributed by atoms with E-state index < -0.39 is 0 Å². The van der Waals surface area contributed by atoms with Gasteiger partial charge in [0, 0.05) is 4.90 Å². The highest BCUT2D eigenvalue weighted by Gasteiger charge is 2.04. The van der Waals surface area contributed by atoms with Crippen LogP contribution < -0.4 is 0 Å². The van der Waals surface area contributed by atoms with Crippen LogP contribution in [0.25, 0.3) is 0 Å². The second-order valence-electron chi connectivity index (χ2n) is 2.53. The van der Waals surface area contributed by atoms with Crippen LogP contribution in [-0.4, -0.2) is 5.11 Å². The van der Waals surface area contributed by atoms with Crippen molar-refractivity contribution < 1.29 is 5.11 Å². The zero-order valence-corrected chi connectivity index (χ0v) is 7.77. The van der Waals surface area contributed by atoms with Crippen LogP contribution in [-0.2, 0) is 0 Å². The lowest BCUT2D eigenvalue weighted by Crippen LogP contribution is -1.84. The zero-order valence-electron chi connectivity index (χ0n) is 6.96. The summed E-state index contributed by atoms with van der Waals surface area (Å²) in [6, 6.07) is 3.37. The molecule has 0 atom stereocenters. The molecule has 1 rings (SSSR count). The van der Waals surface area contributed by atoms with Gasteiger partial charge in [0.05, 0.1) is 0 Å². The van der Waals surface area contributed by atoms with Gasteiger partial charge in [0.15, 0.2) is 0 Å². The monoisotopic (exact) mass is 179 g/mol. The first-order chi connectivity index (χ1) is 5.66. The Labute approximate surface area is 75.8 Å². The molecule has 0 bridgehead atoms. The van der Waals surface area contributed by atoms with Gasteiger partial charge in [-0.15, -0.1) is 0 Å². The Morgan fingerprint density at radius 2 is 2.00 bits per heavy atom. The number of nitriles is 1.